The number of hydrogen-bond acceptors (Lipinski definition) is 6. The monoisotopic (exact) mass is 384 g/mol. The standard InChI is InChI=1S/C22H32N4O2/c1-15(2)24-22-16-7-8-23-21(16)17-13-19(27-3)20(14-18(17)25-22)28-12-6-11-26-9-4-5-10-26/h13-15,23H,4-12H2,1-3H3,(H,24,25). The number of rotatable bonds is 8. The zero-order valence-electron chi connectivity index (χ0n) is 17.3. The van der Waals surface area contributed by atoms with Crippen LogP contribution in [0.2, 0.25) is 0 Å². The van der Waals surface area contributed by atoms with Crippen LogP contribution in [0.4, 0.5) is 11.5 Å². The van der Waals surface area contributed by atoms with Crippen LogP contribution >= 0.6 is 0 Å². The van der Waals surface area contributed by atoms with E-state index < -0.39 is 0 Å². The van der Waals surface area contributed by atoms with E-state index in [1.807, 2.05) is 6.07 Å². The molecular formula is C22H32N4O2. The number of anilines is 2. The molecule has 0 saturated carbocycles. The molecule has 2 aromatic rings. The molecule has 6 nitrogen and oxygen atoms in total. The number of likely N-dealkylation sites (tertiary alicyclic amines) is 1. The van der Waals surface area contributed by atoms with Crippen LogP contribution < -0.4 is 20.1 Å². The molecule has 0 bridgehead atoms. The van der Waals surface area contributed by atoms with Crippen LogP contribution in [0.1, 0.15) is 38.7 Å². The van der Waals surface area contributed by atoms with E-state index in [-0.39, 0.29) is 0 Å². The van der Waals surface area contributed by atoms with Crippen molar-refractivity contribution in [2.45, 2.75) is 45.6 Å². The Balaban J connectivity index is 1.57. The molecule has 0 radical (unpaired) electrons. The van der Waals surface area contributed by atoms with E-state index >= 15 is 0 Å². The van der Waals surface area contributed by atoms with Gasteiger partial charge < -0.3 is 25.0 Å². The first kappa shape index (κ1) is 19.1. The molecule has 152 valence electrons. The topological polar surface area (TPSA) is 58.6 Å². The minimum atomic E-state index is 0.342. The van der Waals surface area contributed by atoms with Gasteiger partial charge >= 0.3 is 0 Å². The van der Waals surface area contributed by atoms with Gasteiger partial charge in [-0.15, -0.1) is 0 Å². The lowest BCUT2D eigenvalue weighted by molar-refractivity contribution is 0.254. The number of fused-ring (bicyclic) bond motifs is 3. The first-order valence-corrected chi connectivity index (χ1v) is 10.6. The molecule has 0 aliphatic carbocycles. The first-order chi connectivity index (χ1) is 13.7. The van der Waals surface area contributed by atoms with Crippen molar-refractivity contribution in [3.63, 3.8) is 0 Å². The molecule has 0 amide bonds. The molecule has 0 unspecified atom stereocenters. The third-order valence-electron chi connectivity index (χ3n) is 5.55. The average molecular weight is 385 g/mol. The van der Waals surface area contributed by atoms with Gasteiger partial charge in [-0.25, -0.2) is 4.98 Å². The van der Waals surface area contributed by atoms with Gasteiger partial charge in [0.1, 0.15) is 5.82 Å². The van der Waals surface area contributed by atoms with Crippen molar-refractivity contribution in [2.75, 3.05) is 50.5 Å². The highest BCUT2D eigenvalue weighted by Crippen LogP contribution is 2.40. The number of ether oxygens (including phenoxy) is 2. The van der Waals surface area contributed by atoms with Crippen LogP contribution in [-0.4, -0.2) is 55.8 Å². The Morgan fingerprint density at radius 1 is 1.21 bits per heavy atom. The summed E-state index contributed by atoms with van der Waals surface area (Å²) in [7, 11) is 1.70. The first-order valence-electron chi connectivity index (χ1n) is 10.6. The molecule has 2 aliphatic heterocycles. The van der Waals surface area contributed by atoms with E-state index in [1.54, 1.807) is 7.11 Å². The Labute approximate surface area is 167 Å². The second kappa shape index (κ2) is 8.43. The predicted octanol–water partition coefficient (Wildman–Crippen LogP) is 3.90. The van der Waals surface area contributed by atoms with E-state index in [0.29, 0.717) is 12.6 Å². The third kappa shape index (κ3) is 3.97. The smallest absolute Gasteiger partial charge is 0.163 e. The fourth-order valence-electron chi connectivity index (χ4n) is 4.21. The van der Waals surface area contributed by atoms with Crippen LogP contribution in [-0.2, 0) is 6.42 Å². The van der Waals surface area contributed by atoms with Crippen molar-refractivity contribution in [1.29, 1.82) is 0 Å². The molecule has 0 spiro atoms. The molecule has 1 aromatic carbocycles. The Morgan fingerprint density at radius 3 is 2.79 bits per heavy atom. The lowest BCUT2D eigenvalue weighted by Gasteiger charge is -2.18. The van der Waals surface area contributed by atoms with Crippen molar-refractivity contribution >= 4 is 22.4 Å². The minimum absolute atomic E-state index is 0.342. The van der Waals surface area contributed by atoms with Gasteiger partial charge in [0.05, 0.1) is 24.9 Å². The van der Waals surface area contributed by atoms with Gasteiger partial charge in [-0.2, -0.15) is 0 Å². The number of methoxy groups -OCH3 is 1. The highest BCUT2D eigenvalue weighted by atomic mass is 16.5. The zero-order chi connectivity index (χ0) is 19.5. The number of benzene rings is 1. The van der Waals surface area contributed by atoms with Crippen molar-refractivity contribution in [3.05, 3.63) is 17.7 Å². The summed E-state index contributed by atoms with van der Waals surface area (Å²) in [6.07, 6.45) is 4.68. The average Bonchev–Trinajstić information content (AvgIpc) is 3.36. The summed E-state index contributed by atoms with van der Waals surface area (Å²) in [6, 6.07) is 4.43. The van der Waals surface area contributed by atoms with E-state index in [1.165, 1.54) is 37.2 Å². The van der Waals surface area contributed by atoms with Gasteiger partial charge in [0.25, 0.3) is 0 Å². The number of pyridine rings is 1. The molecule has 4 rings (SSSR count). The quantitative estimate of drug-likeness (QED) is 0.673. The molecule has 1 aromatic heterocycles. The molecule has 3 heterocycles. The molecule has 6 heteroatoms. The molecule has 2 N–H and O–H groups in total. The fraction of sp³-hybridized carbons (Fsp3) is 0.591. The van der Waals surface area contributed by atoms with Crippen molar-refractivity contribution in [1.82, 2.24) is 9.88 Å². The summed E-state index contributed by atoms with van der Waals surface area (Å²) in [6.45, 7) is 9.49. The molecule has 28 heavy (non-hydrogen) atoms. The lowest BCUT2D eigenvalue weighted by atomic mass is 10.1. The second-order valence-electron chi connectivity index (χ2n) is 8.06. The molecule has 1 fully saturated rings. The molecule has 0 atom stereocenters. The second-order valence-corrected chi connectivity index (χ2v) is 8.06. The number of aromatic nitrogens is 1. The fourth-order valence-corrected chi connectivity index (χ4v) is 4.21. The number of hydrogen-bond donors (Lipinski definition) is 2. The van der Waals surface area contributed by atoms with E-state index in [0.717, 1.165) is 54.2 Å². The maximum Gasteiger partial charge on any atom is 0.163 e. The maximum absolute atomic E-state index is 6.10. The molecule has 1 saturated heterocycles. The van der Waals surface area contributed by atoms with Crippen LogP contribution in [0, 0.1) is 0 Å². The van der Waals surface area contributed by atoms with Crippen molar-refractivity contribution in [2.24, 2.45) is 0 Å². The number of nitrogens with one attached hydrogen (secondary N) is 2. The minimum Gasteiger partial charge on any atom is -0.493 e. The zero-order valence-corrected chi connectivity index (χ0v) is 17.3. The van der Waals surface area contributed by atoms with Gasteiger partial charge in [-0.1, -0.05) is 0 Å². The summed E-state index contributed by atoms with van der Waals surface area (Å²) < 4.78 is 11.7. The van der Waals surface area contributed by atoms with Gasteiger partial charge in [0.2, 0.25) is 0 Å². The summed E-state index contributed by atoms with van der Waals surface area (Å²) in [5.74, 6) is 2.53. The van der Waals surface area contributed by atoms with Gasteiger partial charge in [0.15, 0.2) is 11.5 Å². The summed E-state index contributed by atoms with van der Waals surface area (Å²) >= 11 is 0. The Bertz CT molecular complexity index is 831. The summed E-state index contributed by atoms with van der Waals surface area (Å²) in [5.41, 5.74) is 3.38. The van der Waals surface area contributed by atoms with E-state index in [4.69, 9.17) is 14.5 Å². The summed E-state index contributed by atoms with van der Waals surface area (Å²) in [5, 5.41) is 8.13. The SMILES string of the molecule is COc1cc2c3c(c(NC(C)C)nc2cc1OCCCN1CCCC1)CCN3. The van der Waals surface area contributed by atoms with Crippen LogP contribution in [0.25, 0.3) is 10.9 Å². The normalized spacial score (nSPS) is 16.4. The largest absolute Gasteiger partial charge is 0.493 e. The van der Waals surface area contributed by atoms with Crippen molar-refractivity contribution < 1.29 is 9.47 Å². The summed E-state index contributed by atoms with van der Waals surface area (Å²) in [4.78, 5) is 7.43. The molecular weight excluding hydrogens is 352 g/mol. The van der Waals surface area contributed by atoms with Gasteiger partial charge in [0, 0.05) is 36.1 Å². The molecule has 2 aliphatic rings. The predicted molar refractivity (Wildman–Crippen MR) is 115 cm³/mol. The maximum atomic E-state index is 6.10. The van der Waals surface area contributed by atoms with E-state index in [2.05, 4.69) is 35.4 Å². The Hall–Kier alpha value is -2.21. The highest BCUT2D eigenvalue weighted by Gasteiger charge is 2.22. The van der Waals surface area contributed by atoms with Gasteiger partial charge in [-0.3, -0.25) is 0 Å². The van der Waals surface area contributed by atoms with Crippen molar-refractivity contribution in [3.8, 4) is 11.5 Å². The highest BCUT2D eigenvalue weighted by molar-refractivity contribution is 5.98. The van der Waals surface area contributed by atoms with Crippen LogP contribution in [0.3, 0.4) is 0 Å². The Morgan fingerprint density at radius 2 is 2.04 bits per heavy atom. The van der Waals surface area contributed by atoms with Gasteiger partial charge in [-0.05, 0) is 58.7 Å². The van der Waals surface area contributed by atoms with E-state index in [9.17, 15) is 0 Å². The van der Waals surface area contributed by atoms with Crippen LogP contribution in [0.15, 0.2) is 12.1 Å². The third-order valence-corrected chi connectivity index (χ3v) is 5.55. The van der Waals surface area contributed by atoms with Crippen LogP contribution in [0.5, 0.6) is 11.5 Å². The number of nitrogens with zero attached hydrogens (tertiary/aromatic N) is 2. The lowest BCUT2D eigenvalue weighted by Crippen LogP contribution is -2.21. The Kier molecular flexibility index (Phi) is 5.76.